The van der Waals surface area contributed by atoms with Gasteiger partial charge in [-0.05, 0) is 36.6 Å². The number of nitrogens with zero attached hydrogens (tertiary/aromatic N) is 1. The van der Waals surface area contributed by atoms with Crippen LogP contribution in [0.5, 0.6) is 0 Å². The molecule has 0 saturated heterocycles. The third-order valence-electron chi connectivity index (χ3n) is 4.18. The van der Waals surface area contributed by atoms with Gasteiger partial charge in [-0.25, -0.2) is 4.79 Å². The van der Waals surface area contributed by atoms with Crippen LogP contribution in [0, 0.1) is 17.2 Å². The van der Waals surface area contributed by atoms with Crippen LogP contribution in [0.1, 0.15) is 41.1 Å². The van der Waals surface area contributed by atoms with Crippen molar-refractivity contribution in [1.29, 1.82) is 5.26 Å². The average Bonchev–Trinajstić information content (AvgIpc) is 3.14. The SMILES string of the molecule is CC1CC1c1ccc(C=C(C#N)C(=O)Nc2ccccc2C(=O)O)o1. The number of carbonyl (C=O) groups excluding carboxylic acids is 1. The quantitative estimate of drug-likeness (QED) is 0.641. The monoisotopic (exact) mass is 336 g/mol. The van der Waals surface area contributed by atoms with Crippen molar-refractivity contribution in [3.05, 3.63) is 59.1 Å². The molecule has 1 heterocycles. The van der Waals surface area contributed by atoms with Gasteiger partial charge in [0.05, 0.1) is 11.3 Å². The van der Waals surface area contributed by atoms with E-state index in [4.69, 9.17) is 9.52 Å². The van der Waals surface area contributed by atoms with Gasteiger partial charge < -0.3 is 14.8 Å². The Morgan fingerprint density at radius 3 is 2.68 bits per heavy atom. The molecule has 1 amide bonds. The maximum Gasteiger partial charge on any atom is 0.337 e. The third-order valence-corrected chi connectivity index (χ3v) is 4.18. The summed E-state index contributed by atoms with van der Waals surface area (Å²) in [4.78, 5) is 23.5. The Labute approximate surface area is 144 Å². The summed E-state index contributed by atoms with van der Waals surface area (Å²) >= 11 is 0. The van der Waals surface area contributed by atoms with Gasteiger partial charge in [-0.2, -0.15) is 5.26 Å². The van der Waals surface area contributed by atoms with Gasteiger partial charge in [0, 0.05) is 12.0 Å². The van der Waals surface area contributed by atoms with Crippen LogP contribution in [-0.4, -0.2) is 17.0 Å². The number of carboxylic acid groups (broad SMARTS) is 1. The third kappa shape index (κ3) is 3.61. The molecule has 0 bridgehead atoms. The number of furan rings is 1. The predicted octanol–water partition coefficient (Wildman–Crippen LogP) is 3.65. The molecule has 25 heavy (non-hydrogen) atoms. The zero-order valence-electron chi connectivity index (χ0n) is 13.5. The first kappa shape index (κ1) is 16.5. The molecule has 1 aromatic heterocycles. The van der Waals surface area contributed by atoms with Crippen molar-refractivity contribution < 1.29 is 19.1 Å². The molecule has 1 aliphatic rings. The number of nitrogens with one attached hydrogen (secondary N) is 1. The van der Waals surface area contributed by atoms with E-state index in [2.05, 4.69) is 12.2 Å². The molecule has 0 spiro atoms. The van der Waals surface area contributed by atoms with Gasteiger partial charge in [0.25, 0.3) is 5.91 Å². The van der Waals surface area contributed by atoms with Crippen molar-refractivity contribution in [2.45, 2.75) is 19.3 Å². The van der Waals surface area contributed by atoms with E-state index in [1.807, 2.05) is 12.1 Å². The van der Waals surface area contributed by atoms with Crippen molar-refractivity contribution in [1.82, 2.24) is 0 Å². The minimum Gasteiger partial charge on any atom is -0.478 e. The Kier molecular flexibility index (Phi) is 4.40. The van der Waals surface area contributed by atoms with Gasteiger partial charge in [0.1, 0.15) is 23.2 Å². The summed E-state index contributed by atoms with van der Waals surface area (Å²) in [7, 11) is 0. The molecule has 2 aromatic rings. The Balaban J connectivity index is 1.79. The number of aromatic carboxylic acids is 1. The first-order chi connectivity index (χ1) is 12.0. The van der Waals surface area contributed by atoms with E-state index in [0.29, 0.717) is 17.6 Å². The van der Waals surface area contributed by atoms with E-state index >= 15 is 0 Å². The Hall–Kier alpha value is -3.33. The Morgan fingerprint density at radius 1 is 1.32 bits per heavy atom. The summed E-state index contributed by atoms with van der Waals surface area (Å²) in [6.45, 7) is 2.14. The van der Waals surface area contributed by atoms with E-state index in [1.54, 1.807) is 18.2 Å². The van der Waals surface area contributed by atoms with Crippen molar-refractivity contribution >= 4 is 23.6 Å². The second-order valence-electron chi connectivity index (χ2n) is 6.03. The minimum absolute atomic E-state index is 0.0452. The van der Waals surface area contributed by atoms with Crippen molar-refractivity contribution in [2.75, 3.05) is 5.32 Å². The second kappa shape index (κ2) is 6.65. The van der Waals surface area contributed by atoms with E-state index in [9.17, 15) is 14.9 Å². The molecule has 2 unspecified atom stereocenters. The van der Waals surface area contributed by atoms with Crippen LogP contribution in [0.3, 0.4) is 0 Å². The molecule has 1 aliphatic carbocycles. The number of para-hydroxylation sites is 1. The summed E-state index contributed by atoms with van der Waals surface area (Å²) < 4.78 is 5.67. The number of carboxylic acids is 1. The largest absolute Gasteiger partial charge is 0.478 e. The van der Waals surface area contributed by atoms with E-state index in [0.717, 1.165) is 12.2 Å². The van der Waals surface area contributed by atoms with Gasteiger partial charge >= 0.3 is 5.97 Å². The van der Waals surface area contributed by atoms with Crippen LogP contribution in [0.2, 0.25) is 0 Å². The number of hydrogen-bond donors (Lipinski definition) is 2. The minimum atomic E-state index is -1.16. The number of carbonyl (C=O) groups is 2. The smallest absolute Gasteiger partial charge is 0.337 e. The van der Waals surface area contributed by atoms with Crippen LogP contribution in [0.15, 0.2) is 46.4 Å². The fraction of sp³-hybridized carbons (Fsp3) is 0.211. The lowest BCUT2D eigenvalue weighted by molar-refractivity contribution is -0.112. The normalized spacial score (nSPS) is 19.1. The summed E-state index contributed by atoms with van der Waals surface area (Å²) in [5, 5.41) is 20.9. The summed E-state index contributed by atoms with van der Waals surface area (Å²) in [6, 6.07) is 11.4. The molecule has 2 atom stereocenters. The number of rotatable bonds is 5. The molecule has 0 radical (unpaired) electrons. The molecular formula is C19H16N2O4. The standard InChI is InChI=1S/C19H16N2O4/c1-11-8-15(11)17-7-6-13(25-17)9-12(10-20)18(22)21-16-5-3-2-4-14(16)19(23)24/h2-7,9,11,15H,8H2,1H3,(H,21,22)(H,23,24). The molecule has 1 fully saturated rings. The molecule has 2 N–H and O–H groups in total. The van der Waals surface area contributed by atoms with Gasteiger partial charge in [0.15, 0.2) is 0 Å². The Bertz CT molecular complexity index is 904. The highest BCUT2D eigenvalue weighted by molar-refractivity contribution is 6.11. The number of benzene rings is 1. The molecule has 1 saturated carbocycles. The second-order valence-corrected chi connectivity index (χ2v) is 6.03. The van der Waals surface area contributed by atoms with E-state index in [1.165, 1.54) is 18.2 Å². The van der Waals surface area contributed by atoms with Gasteiger partial charge in [-0.15, -0.1) is 0 Å². The number of anilines is 1. The highest BCUT2D eigenvalue weighted by atomic mass is 16.4. The molecule has 1 aromatic carbocycles. The lowest BCUT2D eigenvalue weighted by Gasteiger charge is -2.07. The number of hydrogen-bond acceptors (Lipinski definition) is 4. The van der Waals surface area contributed by atoms with E-state index in [-0.39, 0.29) is 16.8 Å². The lowest BCUT2D eigenvalue weighted by atomic mass is 10.1. The highest BCUT2D eigenvalue weighted by Gasteiger charge is 2.36. The number of amides is 1. The van der Waals surface area contributed by atoms with Gasteiger partial charge in [-0.3, -0.25) is 4.79 Å². The van der Waals surface area contributed by atoms with Crippen LogP contribution in [0.4, 0.5) is 5.69 Å². The zero-order chi connectivity index (χ0) is 18.0. The highest BCUT2D eigenvalue weighted by Crippen LogP contribution is 2.47. The van der Waals surface area contributed by atoms with Crippen molar-refractivity contribution in [2.24, 2.45) is 5.92 Å². The summed E-state index contributed by atoms with van der Waals surface area (Å²) in [5.41, 5.74) is -0.0748. The molecule has 6 nitrogen and oxygen atoms in total. The van der Waals surface area contributed by atoms with Crippen LogP contribution < -0.4 is 5.32 Å². The first-order valence-electron chi connectivity index (χ1n) is 7.84. The fourth-order valence-electron chi connectivity index (χ4n) is 2.62. The molecule has 126 valence electrons. The van der Waals surface area contributed by atoms with Crippen LogP contribution in [0.25, 0.3) is 6.08 Å². The zero-order valence-corrected chi connectivity index (χ0v) is 13.5. The predicted molar refractivity (Wildman–Crippen MR) is 90.9 cm³/mol. The van der Waals surface area contributed by atoms with Crippen molar-refractivity contribution in [3.8, 4) is 6.07 Å². The van der Waals surface area contributed by atoms with Crippen LogP contribution in [-0.2, 0) is 4.79 Å². The van der Waals surface area contributed by atoms with Gasteiger partial charge in [-0.1, -0.05) is 19.1 Å². The number of nitriles is 1. The topological polar surface area (TPSA) is 103 Å². The molecule has 0 aliphatic heterocycles. The molecule has 6 heteroatoms. The maximum absolute atomic E-state index is 12.3. The van der Waals surface area contributed by atoms with Crippen molar-refractivity contribution in [3.63, 3.8) is 0 Å². The summed E-state index contributed by atoms with van der Waals surface area (Å²) in [5.74, 6) is 0.430. The summed E-state index contributed by atoms with van der Waals surface area (Å²) in [6.07, 6.45) is 2.43. The van der Waals surface area contributed by atoms with Crippen LogP contribution >= 0.6 is 0 Å². The maximum atomic E-state index is 12.3. The van der Waals surface area contributed by atoms with E-state index < -0.39 is 11.9 Å². The molecular weight excluding hydrogens is 320 g/mol. The average molecular weight is 336 g/mol. The lowest BCUT2D eigenvalue weighted by Crippen LogP contribution is -2.16. The fourth-order valence-corrected chi connectivity index (χ4v) is 2.62. The molecule has 3 rings (SSSR count). The Morgan fingerprint density at radius 2 is 2.04 bits per heavy atom. The van der Waals surface area contributed by atoms with Gasteiger partial charge in [0.2, 0.25) is 0 Å². The first-order valence-corrected chi connectivity index (χ1v) is 7.84.